The van der Waals surface area contributed by atoms with Crippen LogP contribution in [0.2, 0.25) is 0 Å². The summed E-state index contributed by atoms with van der Waals surface area (Å²) in [5.41, 5.74) is 0.688. The summed E-state index contributed by atoms with van der Waals surface area (Å²) in [6.07, 6.45) is 0.698. The Kier molecular flexibility index (Phi) is 2.76. The molecule has 2 nitrogen and oxygen atoms in total. The fraction of sp³-hybridized carbons (Fsp3) is 0.429. The van der Waals surface area contributed by atoms with E-state index in [9.17, 15) is 4.39 Å². The number of aromatic nitrogens is 2. The number of hydrogen-bond donors (Lipinski definition) is 0. The number of halogens is 2. The molecule has 0 aliphatic carbocycles. The Labute approximate surface area is 69.4 Å². The third-order valence-corrected chi connectivity index (χ3v) is 1.52. The molecule has 0 bridgehead atoms. The van der Waals surface area contributed by atoms with Gasteiger partial charge in [0.15, 0.2) is 0 Å². The molecule has 4 heteroatoms. The van der Waals surface area contributed by atoms with E-state index in [1.54, 1.807) is 0 Å². The highest BCUT2D eigenvalue weighted by Gasteiger charge is 2.00. The number of nitrogens with zero attached hydrogens (tertiary/aromatic N) is 2. The Balaban J connectivity index is 3.02. The van der Waals surface area contributed by atoms with E-state index >= 15 is 0 Å². The summed E-state index contributed by atoms with van der Waals surface area (Å²) in [4.78, 5) is 7.48. The van der Waals surface area contributed by atoms with Crippen LogP contribution in [0.4, 0.5) is 4.39 Å². The van der Waals surface area contributed by atoms with Gasteiger partial charge in [0.05, 0.1) is 5.88 Å². The highest BCUT2D eigenvalue weighted by Crippen LogP contribution is 2.02. The van der Waals surface area contributed by atoms with E-state index in [-0.39, 0.29) is 5.88 Å². The van der Waals surface area contributed by atoms with Crippen molar-refractivity contribution in [2.24, 2.45) is 0 Å². The molecule has 0 aliphatic heterocycles. The van der Waals surface area contributed by atoms with Gasteiger partial charge in [-0.3, -0.25) is 0 Å². The van der Waals surface area contributed by atoms with Crippen LogP contribution in [0.25, 0.3) is 0 Å². The molecule has 0 saturated heterocycles. The van der Waals surface area contributed by atoms with Crippen LogP contribution in [0.5, 0.6) is 0 Å². The fourth-order valence-electron chi connectivity index (χ4n) is 0.757. The van der Waals surface area contributed by atoms with Crippen molar-refractivity contribution in [2.75, 3.05) is 0 Å². The van der Waals surface area contributed by atoms with E-state index in [1.807, 2.05) is 6.92 Å². The van der Waals surface area contributed by atoms with Crippen LogP contribution >= 0.6 is 11.6 Å². The van der Waals surface area contributed by atoms with Gasteiger partial charge in [-0.15, -0.1) is 11.6 Å². The largest absolute Gasteiger partial charge is 0.236 e. The normalized spacial score (nSPS) is 10.1. The van der Waals surface area contributed by atoms with Gasteiger partial charge in [-0.1, -0.05) is 6.92 Å². The second kappa shape index (κ2) is 3.62. The predicted molar refractivity (Wildman–Crippen MR) is 40.9 cm³/mol. The molecule has 1 aromatic rings. The first-order chi connectivity index (χ1) is 5.26. The molecular formula is C7H8ClFN2. The molecule has 0 spiro atoms. The van der Waals surface area contributed by atoms with Crippen molar-refractivity contribution in [1.82, 2.24) is 9.97 Å². The molecule has 0 aromatic carbocycles. The average Bonchev–Trinajstić information content (AvgIpc) is 2.03. The number of aryl methyl sites for hydroxylation is 1. The average molecular weight is 175 g/mol. The van der Waals surface area contributed by atoms with Gasteiger partial charge >= 0.3 is 0 Å². The second-order valence-corrected chi connectivity index (χ2v) is 2.35. The second-order valence-electron chi connectivity index (χ2n) is 2.09. The van der Waals surface area contributed by atoms with E-state index in [4.69, 9.17) is 11.6 Å². The Morgan fingerprint density at radius 3 is 2.82 bits per heavy atom. The maximum absolute atomic E-state index is 12.6. The topological polar surface area (TPSA) is 25.8 Å². The zero-order chi connectivity index (χ0) is 8.27. The van der Waals surface area contributed by atoms with Crippen LogP contribution in [0, 0.1) is 5.95 Å². The Bertz CT molecular complexity index is 230. The number of rotatable bonds is 2. The minimum Gasteiger partial charge on any atom is -0.236 e. The molecule has 11 heavy (non-hydrogen) atoms. The Hall–Kier alpha value is -0.700. The van der Waals surface area contributed by atoms with Gasteiger partial charge in [-0.05, 0) is 6.42 Å². The first-order valence-corrected chi connectivity index (χ1v) is 3.88. The molecule has 0 radical (unpaired) electrons. The Morgan fingerprint density at radius 1 is 1.55 bits per heavy atom. The number of hydrogen-bond acceptors (Lipinski definition) is 2. The van der Waals surface area contributed by atoms with E-state index < -0.39 is 5.95 Å². The zero-order valence-corrected chi connectivity index (χ0v) is 6.90. The van der Waals surface area contributed by atoms with Crippen LogP contribution in [0.3, 0.4) is 0 Å². The lowest BCUT2D eigenvalue weighted by Gasteiger charge is -1.97. The molecule has 0 amide bonds. The lowest BCUT2D eigenvalue weighted by molar-refractivity contribution is 0.569. The summed E-state index contributed by atoms with van der Waals surface area (Å²) in [7, 11) is 0. The van der Waals surface area contributed by atoms with Crippen molar-refractivity contribution in [1.29, 1.82) is 0 Å². The van der Waals surface area contributed by atoms with Gasteiger partial charge in [0.2, 0.25) is 5.95 Å². The summed E-state index contributed by atoms with van der Waals surface area (Å²) < 4.78 is 12.6. The van der Waals surface area contributed by atoms with E-state index in [0.717, 1.165) is 0 Å². The summed E-state index contributed by atoms with van der Waals surface area (Å²) in [5.74, 6) is 0.00103. The maximum atomic E-state index is 12.6. The quantitative estimate of drug-likeness (QED) is 0.506. The van der Waals surface area contributed by atoms with Crippen LogP contribution < -0.4 is 0 Å². The fourth-order valence-corrected chi connectivity index (χ4v) is 0.876. The molecule has 0 atom stereocenters. The summed E-state index contributed by atoms with van der Waals surface area (Å²) >= 11 is 5.44. The van der Waals surface area contributed by atoms with Crippen molar-refractivity contribution in [3.63, 3.8) is 0 Å². The molecule has 0 N–H and O–H groups in total. The lowest BCUT2D eigenvalue weighted by atomic mass is 10.3. The molecule has 1 rings (SSSR count). The van der Waals surface area contributed by atoms with Crippen molar-refractivity contribution in [2.45, 2.75) is 19.2 Å². The first-order valence-electron chi connectivity index (χ1n) is 3.34. The maximum Gasteiger partial charge on any atom is 0.216 e. The van der Waals surface area contributed by atoms with Crippen molar-refractivity contribution < 1.29 is 4.39 Å². The predicted octanol–water partition coefficient (Wildman–Crippen LogP) is 1.92. The molecule has 1 aromatic heterocycles. The van der Waals surface area contributed by atoms with Crippen LogP contribution in [-0.2, 0) is 12.3 Å². The van der Waals surface area contributed by atoms with Crippen molar-refractivity contribution in [3.8, 4) is 0 Å². The van der Waals surface area contributed by atoms with Gasteiger partial charge in [0, 0.05) is 11.8 Å². The van der Waals surface area contributed by atoms with Crippen LogP contribution in [0.1, 0.15) is 18.4 Å². The highest BCUT2D eigenvalue weighted by molar-refractivity contribution is 6.16. The Morgan fingerprint density at radius 2 is 2.27 bits per heavy atom. The molecular weight excluding hydrogens is 167 g/mol. The standard InChI is InChI=1S/C7H8ClFN2/c1-2-5-3-6(9)11-7(4-8)10-5/h3H,2,4H2,1H3. The van der Waals surface area contributed by atoms with E-state index in [2.05, 4.69) is 9.97 Å². The van der Waals surface area contributed by atoms with Crippen molar-refractivity contribution in [3.05, 3.63) is 23.5 Å². The van der Waals surface area contributed by atoms with E-state index in [1.165, 1.54) is 6.07 Å². The molecule has 1 heterocycles. The first kappa shape index (κ1) is 8.40. The smallest absolute Gasteiger partial charge is 0.216 e. The summed E-state index contributed by atoms with van der Waals surface area (Å²) in [6, 6.07) is 1.32. The minimum atomic E-state index is -0.507. The molecule has 0 fully saturated rings. The van der Waals surface area contributed by atoms with Crippen LogP contribution in [-0.4, -0.2) is 9.97 Å². The molecule has 0 aliphatic rings. The zero-order valence-electron chi connectivity index (χ0n) is 6.14. The minimum absolute atomic E-state index is 0.157. The van der Waals surface area contributed by atoms with Crippen LogP contribution in [0.15, 0.2) is 6.07 Å². The van der Waals surface area contributed by atoms with Gasteiger partial charge in [0.1, 0.15) is 5.82 Å². The monoisotopic (exact) mass is 174 g/mol. The summed E-state index contributed by atoms with van der Waals surface area (Å²) in [6.45, 7) is 1.90. The van der Waals surface area contributed by atoms with Crippen molar-refractivity contribution >= 4 is 11.6 Å². The van der Waals surface area contributed by atoms with Gasteiger partial charge in [-0.2, -0.15) is 4.39 Å². The van der Waals surface area contributed by atoms with Gasteiger partial charge < -0.3 is 0 Å². The van der Waals surface area contributed by atoms with E-state index in [0.29, 0.717) is 17.9 Å². The molecule has 0 unspecified atom stereocenters. The summed E-state index contributed by atoms with van der Waals surface area (Å²) in [5, 5.41) is 0. The number of alkyl halides is 1. The lowest BCUT2D eigenvalue weighted by Crippen LogP contribution is -1.98. The van der Waals surface area contributed by atoms with Gasteiger partial charge in [-0.25, -0.2) is 9.97 Å². The van der Waals surface area contributed by atoms with Gasteiger partial charge in [0.25, 0.3) is 0 Å². The molecule has 60 valence electrons. The highest BCUT2D eigenvalue weighted by atomic mass is 35.5. The molecule has 0 saturated carbocycles. The third kappa shape index (κ3) is 2.12. The third-order valence-electron chi connectivity index (χ3n) is 1.28. The SMILES string of the molecule is CCc1cc(F)nc(CCl)n1.